The first-order valence-corrected chi connectivity index (χ1v) is 8.05. The van der Waals surface area contributed by atoms with Crippen molar-refractivity contribution in [2.75, 3.05) is 7.11 Å². The van der Waals surface area contributed by atoms with Gasteiger partial charge in [0.25, 0.3) is 0 Å². The monoisotopic (exact) mass is 297 g/mol. The number of hydrogen-bond donors (Lipinski definition) is 1. The van der Waals surface area contributed by atoms with Crippen LogP contribution in [0.4, 0.5) is 0 Å². The van der Waals surface area contributed by atoms with Crippen molar-refractivity contribution < 1.29 is 9.53 Å². The van der Waals surface area contributed by atoms with Crippen LogP contribution in [0, 0.1) is 0 Å². The fourth-order valence-corrected chi connectivity index (χ4v) is 3.19. The molecule has 1 aliphatic carbocycles. The maximum absolute atomic E-state index is 12.4. The van der Waals surface area contributed by atoms with Crippen LogP contribution in [0.2, 0.25) is 0 Å². The topological polar surface area (TPSA) is 38.3 Å². The Kier molecular flexibility index (Phi) is 4.32. The Morgan fingerprint density at radius 2 is 1.82 bits per heavy atom. The van der Waals surface area contributed by atoms with Crippen LogP contribution in [0.5, 0.6) is 5.75 Å². The van der Waals surface area contributed by atoms with E-state index in [4.69, 9.17) is 4.74 Å². The maximum atomic E-state index is 12.4. The third-order valence-corrected chi connectivity index (χ3v) is 4.67. The van der Waals surface area contributed by atoms with E-state index in [0.717, 1.165) is 34.9 Å². The van der Waals surface area contributed by atoms with Gasteiger partial charge in [-0.05, 0) is 48.2 Å². The first kappa shape index (κ1) is 14.9. The Balaban J connectivity index is 1.78. The predicted molar refractivity (Wildman–Crippen MR) is 89.3 cm³/mol. The van der Waals surface area contributed by atoms with Gasteiger partial charge in [0.2, 0.25) is 5.91 Å². The van der Waals surface area contributed by atoms with Gasteiger partial charge in [-0.25, -0.2) is 0 Å². The smallest absolute Gasteiger partial charge is 0.227 e. The SMILES string of the molecule is COc1ccc2cc(C(C)C(=O)NC3CCCC3)ccc2c1. The molecule has 1 saturated carbocycles. The van der Waals surface area contributed by atoms with E-state index in [1.807, 2.05) is 31.2 Å². The van der Waals surface area contributed by atoms with E-state index in [-0.39, 0.29) is 11.8 Å². The second-order valence-corrected chi connectivity index (χ2v) is 6.18. The summed E-state index contributed by atoms with van der Waals surface area (Å²) in [6, 6.07) is 12.6. The molecule has 1 aliphatic rings. The van der Waals surface area contributed by atoms with E-state index in [1.165, 1.54) is 12.8 Å². The van der Waals surface area contributed by atoms with Gasteiger partial charge in [-0.1, -0.05) is 37.1 Å². The van der Waals surface area contributed by atoms with Crippen molar-refractivity contribution in [3.63, 3.8) is 0 Å². The molecule has 3 rings (SSSR count). The first-order valence-electron chi connectivity index (χ1n) is 8.05. The maximum Gasteiger partial charge on any atom is 0.227 e. The van der Waals surface area contributed by atoms with Crippen molar-refractivity contribution in [1.82, 2.24) is 5.32 Å². The van der Waals surface area contributed by atoms with Crippen molar-refractivity contribution in [3.05, 3.63) is 42.0 Å². The molecular formula is C19H23NO2. The molecule has 0 spiro atoms. The molecule has 3 nitrogen and oxygen atoms in total. The number of nitrogens with one attached hydrogen (secondary N) is 1. The number of ether oxygens (including phenoxy) is 1. The lowest BCUT2D eigenvalue weighted by molar-refractivity contribution is -0.122. The molecule has 3 heteroatoms. The van der Waals surface area contributed by atoms with E-state index in [1.54, 1.807) is 7.11 Å². The van der Waals surface area contributed by atoms with Crippen molar-refractivity contribution in [1.29, 1.82) is 0 Å². The van der Waals surface area contributed by atoms with Crippen molar-refractivity contribution in [2.45, 2.75) is 44.6 Å². The van der Waals surface area contributed by atoms with E-state index >= 15 is 0 Å². The van der Waals surface area contributed by atoms with E-state index in [0.29, 0.717) is 6.04 Å². The number of hydrogen-bond acceptors (Lipinski definition) is 2. The molecule has 2 aromatic rings. The molecule has 0 aromatic heterocycles. The Morgan fingerprint density at radius 1 is 1.14 bits per heavy atom. The van der Waals surface area contributed by atoms with Crippen LogP contribution in [0.25, 0.3) is 10.8 Å². The average Bonchev–Trinajstić information content (AvgIpc) is 3.06. The summed E-state index contributed by atoms with van der Waals surface area (Å²) in [5, 5.41) is 5.45. The van der Waals surface area contributed by atoms with Gasteiger partial charge in [0.1, 0.15) is 5.75 Å². The number of amides is 1. The van der Waals surface area contributed by atoms with Crippen LogP contribution in [0.3, 0.4) is 0 Å². The molecule has 0 aliphatic heterocycles. The van der Waals surface area contributed by atoms with Crippen LogP contribution < -0.4 is 10.1 Å². The third-order valence-electron chi connectivity index (χ3n) is 4.67. The molecule has 0 bridgehead atoms. The Labute approximate surface area is 131 Å². The standard InChI is InChI=1S/C19H23NO2/c1-13(19(21)20-17-5-3-4-6-17)14-7-8-16-12-18(22-2)10-9-15(16)11-14/h7-13,17H,3-6H2,1-2H3,(H,20,21). The van der Waals surface area contributed by atoms with Crippen molar-refractivity contribution >= 4 is 16.7 Å². The minimum Gasteiger partial charge on any atom is -0.497 e. The van der Waals surface area contributed by atoms with E-state index in [9.17, 15) is 4.79 Å². The lowest BCUT2D eigenvalue weighted by Gasteiger charge is -2.17. The number of carbonyl (C=O) groups is 1. The highest BCUT2D eigenvalue weighted by atomic mass is 16.5. The molecule has 1 N–H and O–H groups in total. The molecule has 1 unspecified atom stereocenters. The van der Waals surface area contributed by atoms with Gasteiger partial charge in [-0.15, -0.1) is 0 Å². The molecule has 22 heavy (non-hydrogen) atoms. The zero-order valence-electron chi connectivity index (χ0n) is 13.3. The molecular weight excluding hydrogens is 274 g/mol. The zero-order valence-corrected chi connectivity index (χ0v) is 13.3. The molecule has 1 fully saturated rings. The summed E-state index contributed by atoms with van der Waals surface area (Å²) in [4.78, 5) is 12.4. The summed E-state index contributed by atoms with van der Waals surface area (Å²) in [5.74, 6) is 0.874. The minimum atomic E-state index is -0.118. The van der Waals surface area contributed by atoms with Gasteiger partial charge < -0.3 is 10.1 Å². The van der Waals surface area contributed by atoms with Crippen LogP contribution in [-0.2, 0) is 4.79 Å². The summed E-state index contributed by atoms with van der Waals surface area (Å²) in [6.07, 6.45) is 4.71. The lowest BCUT2D eigenvalue weighted by Crippen LogP contribution is -2.35. The van der Waals surface area contributed by atoms with Gasteiger partial charge in [-0.2, -0.15) is 0 Å². The quantitative estimate of drug-likeness (QED) is 0.926. The Bertz CT molecular complexity index is 674. The van der Waals surface area contributed by atoms with Gasteiger partial charge in [-0.3, -0.25) is 4.79 Å². The predicted octanol–water partition coefficient (Wildman–Crippen LogP) is 4.01. The summed E-state index contributed by atoms with van der Waals surface area (Å²) < 4.78 is 5.25. The Hall–Kier alpha value is -2.03. The third kappa shape index (κ3) is 3.08. The molecule has 116 valence electrons. The van der Waals surface area contributed by atoms with Crippen LogP contribution in [0.15, 0.2) is 36.4 Å². The van der Waals surface area contributed by atoms with Crippen LogP contribution in [-0.4, -0.2) is 19.1 Å². The van der Waals surface area contributed by atoms with Crippen molar-refractivity contribution in [3.8, 4) is 5.75 Å². The number of rotatable bonds is 4. The Morgan fingerprint density at radius 3 is 2.55 bits per heavy atom. The number of benzene rings is 2. The summed E-state index contributed by atoms with van der Waals surface area (Å²) in [7, 11) is 1.67. The second kappa shape index (κ2) is 6.39. The number of carbonyl (C=O) groups excluding carboxylic acids is 1. The summed E-state index contributed by atoms with van der Waals surface area (Å²) in [6.45, 7) is 1.98. The second-order valence-electron chi connectivity index (χ2n) is 6.18. The number of fused-ring (bicyclic) bond motifs is 1. The highest BCUT2D eigenvalue weighted by Crippen LogP contribution is 2.26. The summed E-state index contributed by atoms with van der Waals surface area (Å²) in [5.41, 5.74) is 1.06. The zero-order chi connectivity index (χ0) is 15.5. The van der Waals surface area contributed by atoms with Crippen molar-refractivity contribution in [2.24, 2.45) is 0 Å². The fourth-order valence-electron chi connectivity index (χ4n) is 3.19. The molecule has 0 heterocycles. The largest absolute Gasteiger partial charge is 0.497 e. The molecule has 1 atom stereocenters. The first-order chi connectivity index (χ1) is 10.7. The summed E-state index contributed by atoms with van der Waals surface area (Å²) >= 11 is 0. The number of methoxy groups -OCH3 is 1. The van der Waals surface area contributed by atoms with Gasteiger partial charge in [0.05, 0.1) is 13.0 Å². The van der Waals surface area contributed by atoms with E-state index in [2.05, 4.69) is 17.4 Å². The minimum absolute atomic E-state index is 0.118. The van der Waals surface area contributed by atoms with Crippen LogP contribution >= 0.6 is 0 Å². The molecule has 1 amide bonds. The molecule has 0 saturated heterocycles. The lowest BCUT2D eigenvalue weighted by atomic mass is 9.96. The molecule has 2 aromatic carbocycles. The average molecular weight is 297 g/mol. The van der Waals surface area contributed by atoms with Gasteiger partial charge in [0.15, 0.2) is 0 Å². The fraction of sp³-hybridized carbons (Fsp3) is 0.421. The van der Waals surface area contributed by atoms with Gasteiger partial charge in [0, 0.05) is 6.04 Å². The van der Waals surface area contributed by atoms with Crippen LogP contribution in [0.1, 0.15) is 44.1 Å². The highest BCUT2D eigenvalue weighted by molar-refractivity contribution is 5.88. The normalized spacial score (nSPS) is 16.6. The van der Waals surface area contributed by atoms with Gasteiger partial charge >= 0.3 is 0 Å². The molecule has 0 radical (unpaired) electrons. The van der Waals surface area contributed by atoms with E-state index < -0.39 is 0 Å². The highest BCUT2D eigenvalue weighted by Gasteiger charge is 2.21.